The molecule has 3 saturated carbocycles. The van der Waals surface area contributed by atoms with Gasteiger partial charge < -0.3 is 0 Å². The molecule has 0 amide bonds. The molecular formula is C22H32O. The van der Waals surface area contributed by atoms with Gasteiger partial charge in [-0.3, -0.25) is 4.79 Å². The number of fused-ring (bicyclic) bond motifs is 3. The van der Waals surface area contributed by atoms with Crippen molar-refractivity contribution >= 4 is 5.78 Å². The van der Waals surface area contributed by atoms with Crippen LogP contribution in [0.5, 0.6) is 0 Å². The Morgan fingerprint density at radius 1 is 0.870 bits per heavy atom. The van der Waals surface area contributed by atoms with E-state index in [1.165, 1.54) is 44.9 Å². The Kier molecular flexibility index (Phi) is 2.54. The van der Waals surface area contributed by atoms with Crippen LogP contribution in [0.4, 0.5) is 0 Å². The van der Waals surface area contributed by atoms with Gasteiger partial charge in [-0.1, -0.05) is 38.8 Å². The van der Waals surface area contributed by atoms with Crippen molar-refractivity contribution in [2.45, 2.75) is 85.5 Å². The van der Waals surface area contributed by atoms with Crippen LogP contribution in [-0.4, -0.2) is 5.78 Å². The summed E-state index contributed by atoms with van der Waals surface area (Å²) in [6.07, 6.45) is 11.7. The molecule has 5 aliphatic carbocycles. The van der Waals surface area contributed by atoms with Gasteiger partial charge in [0, 0.05) is 11.8 Å². The van der Waals surface area contributed by atoms with Crippen molar-refractivity contribution in [1.82, 2.24) is 0 Å². The maximum atomic E-state index is 12.6. The van der Waals surface area contributed by atoms with Crippen molar-refractivity contribution in [1.29, 1.82) is 0 Å². The molecule has 0 aromatic rings. The first-order chi connectivity index (χ1) is 10.8. The van der Waals surface area contributed by atoms with Crippen LogP contribution in [-0.2, 0) is 4.79 Å². The molecule has 0 N–H and O–H groups in total. The van der Waals surface area contributed by atoms with Crippen molar-refractivity contribution in [2.75, 3.05) is 0 Å². The van der Waals surface area contributed by atoms with Crippen molar-refractivity contribution in [3.63, 3.8) is 0 Å². The highest BCUT2D eigenvalue weighted by molar-refractivity contribution is 5.85. The lowest BCUT2D eigenvalue weighted by atomic mass is 9.45. The molecule has 5 rings (SSSR count). The normalized spacial score (nSPS) is 53.3. The summed E-state index contributed by atoms with van der Waals surface area (Å²) in [6, 6.07) is 0. The average molecular weight is 312 g/mol. The molecule has 0 aromatic heterocycles. The molecule has 1 spiro atoms. The smallest absolute Gasteiger partial charge is 0.138 e. The second-order valence-electron chi connectivity index (χ2n) is 10.5. The van der Waals surface area contributed by atoms with Crippen LogP contribution in [0.2, 0.25) is 0 Å². The first-order valence-corrected chi connectivity index (χ1v) is 10.0. The first kappa shape index (κ1) is 14.7. The van der Waals surface area contributed by atoms with Crippen LogP contribution in [0, 0.1) is 33.5 Å². The van der Waals surface area contributed by atoms with Crippen LogP contribution >= 0.6 is 0 Å². The Morgan fingerprint density at radius 2 is 1.65 bits per heavy atom. The summed E-state index contributed by atoms with van der Waals surface area (Å²) in [6.45, 7) is 9.63. The summed E-state index contributed by atoms with van der Waals surface area (Å²) >= 11 is 0. The summed E-state index contributed by atoms with van der Waals surface area (Å²) in [7, 11) is 0. The average Bonchev–Trinajstić information content (AvgIpc) is 3.13. The minimum absolute atomic E-state index is 0.112. The zero-order valence-electron chi connectivity index (χ0n) is 15.4. The van der Waals surface area contributed by atoms with E-state index in [4.69, 9.17) is 0 Å². The predicted molar refractivity (Wildman–Crippen MR) is 93.0 cm³/mol. The SMILES string of the molecule is CC1(C)C(=O)CC[C@]2(C)C3=C(CCC12)[C@@]1(C)CC[C@H]2C[C@]21CC3. The number of hydrogen-bond acceptors (Lipinski definition) is 1. The standard InChI is InChI=1S/C22H32O/c1-19(2)17-6-5-16-15(20(17,3)10-9-18(19)23)8-12-22-13-14(22)7-11-21(16,22)4/h14,17H,5-13H2,1-4H3/t14-,17?,20+,21+,22+/m0/s1. The molecule has 1 nitrogen and oxygen atoms in total. The summed E-state index contributed by atoms with van der Waals surface area (Å²) in [5.41, 5.74) is 5.13. The molecule has 23 heavy (non-hydrogen) atoms. The van der Waals surface area contributed by atoms with E-state index in [-0.39, 0.29) is 5.41 Å². The van der Waals surface area contributed by atoms with Crippen molar-refractivity contribution in [2.24, 2.45) is 33.5 Å². The second kappa shape index (κ2) is 3.97. The van der Waals surface area contributed by atoms with E-state index in [2.05, 4.69) is 27.7 Å². The third-order valence-electron chi connectivity index (χ3n) is 9.78. The van der Waals surface area contributed by atoms with Gasteiger partial charge in [-0.05, 0) is 79.4 Å². The molecule has 5 atom stereocenters. The van der Waals surface area contributed by atoms with Crippen LogP contribution < -0.4 is 0 Å². The number of hydrogen-bond donors (Lipinski definition) is 0. The number of carbonyl (C=O) groups is 1. The molecule has 0 aliphatic heterocycles. The minimum atomic E-state index is -0.112. The van der Waals surface area contributed by atoms with Crippen LogP contribution in [0.25, 0.3) is 0 Å². The topological polar surface area (TPSA) is 17.1 Å². The Bertz CT molecular complexity index is 640. The lowest BCUT2D eigenvalue weighted by Crippen LogP contribution is -2.52. The maximum Gasteiger partial charge on any atom is 0.138 e. The molecular weight excluding hydrogens is 280 g/mol. The third-order valence-corrected chi connectivity index (χ3v) is 9.78. The highest BCUT2D eigenvalue weighted by Gasteiger charge is 2.71. The molecule has 5 aliphatic rings. The van der Waals surface area contributed by atoms with Gasteiger partial charge in [-0.2, -0.15) is 0 Å². The molecule has 1 heteroatoms. The van der Waals surface area contributed by atoms with Crippen molar-refractivity contribution in [3.8, 4) is 0 Å². The Hall–Kier alpha value is -0.590. The van der Waals surface area contributed by atoms with E-state index in [9.17, 15) is 4.79 Å². The Morgan fingerprint density at radius 3 is 2.39 bits per heavy atom. The van der Waals surface area contributed by atoms with E-state index in [1.54, 1.807) is 0 Å². The summed E-state index contributed by atoms with van der Waals surface area (Å²) in [5, 5.41) is 0. The van der Waals surface area contributed by atoms with E-state index < -0.39 is 0 Å². The van der Waals surface area contributed by atoms with E-state index in [1.807, 2.05) is 11.1 Å². The van der Waals surface area contributed by atoms with Crippen molar-refractivity contribution < 1.29 is 4.79 Å². The van der Waals surface area contributed by atoms with Gasteiger partial charge in [0.2, 0.25) is 0 Å². The number of carbonyl (C=O) groups excluding carboxylic acids is 1. The second-order valence-corrected chi connectivity index (χ2v) is 10.5. The summed E-state index contributed by atoms with van der Waals surface area (Å²) in [5.74, 6) is 2.14. The molecule has 0 heterocycles. The van der Waals surface area contributed by atoms with Crippen molar-refractivity contribution in [3.05, 3.63) is 11.1 Å². The Balaban J connectivity index is 1.64. The molecule has 0 aromatic carbocycles. The molecule has 3 fully saturated rings. The molecule has 0 bridgehead atoms. The lowest BCUT2D eigenvalue weighted by molar-refractivity contribution is -0.139. The molecule has 1 unspecified atom stereocenters. The number of rotatable bonds is 0. The zero-order valence-corrected chi connectivity index (χ0v) is 15.4. The van der Waals surface area contributed by atoms with Gasteiger partial charge in [-0.25, -0.2) is 0 Å². The fourth-order valence-corrected chi connectivity index (χ4v) is 8.26. The predicted octanol–water partition coefficient (Wildman–Crippen LogP) is 5.69. The van der Waals surface area contributed by atoms with Crippen LogP contribution in [0.3, 0.4) is 0 Å². The van der Waals surface area contributed by atoms with Gasteiger partial charge in [0.15, 0.2) is 0 Å². The zero-order chi connectivity index (χ0) is 16.3. The number of allylic oxidation sites excluding steroid dienone is 2. The van der Waals surface area contributed by atoms with Crippen LogP contribution in [0.15, 0.2) is 11.1 Å². The fraction of sp³-hybridized carbons (Fsp3) is 0.864. The molecule has 0 radical (unpaired) electrons. The van der Waals surface area contributed by atoms with Gasteiger partial charge >= 0.3 is 0 Å². The lowest BCUT2D eigenvalue weighted by Gasteiger charge is -2.58. The van der Waals surface area contributed by atoms with Gasteiger partial charge in [0.05, 0.1) is 0 Å². The third kappa shape index (κ3) is 1.46. The fourth-order valence-electron chi connectivity index (χ4n) is 8.26. The highest BCUT2D eigenvalue weighted by Crippen LogP contribution is 2.80. The molecule has 0 saturated heterocycles. The largest absolute Gasteiger partial charge is 0.299 e. The maximum absolute atomic E-state index is 12.6. The quantitative estimate of drug-likeness (QED) is 0.525. The van der Waals surface area contributed by atoms with E-state index in [0.717, 1.165) is 18.8 Å². The number of ketones is 1. The minimum Gasteiger partial charge on any atom is -0.299 e. The van der Waals surface area contributed by atoms with Gasteiger partial charge in [0.25, 0.3) is 0 Å². The van der Waals surface area contributed by atoms with E-state index >= 15 is 0 Å². The van der Waals surface area contributed by atoms with Gasteiger partial charge in [-0.15, -0.1) is 0 Å². The van der Waals surface area contributed by atoms with E-state index in [0.29, 0.717) is 27.9 Å². The first-order valence-electron chi connectivity index (χ1n) is 10.0. The summed E-state index contributed by atoms with van der Waals surface area (Å²) in [4.78, 5) is 12.6. The Labute approximate surface area is 141 Å². The summed E-state index contributed by atoms with van der Waals surface area (Å²) < 4.78 is 0. The molecule has 126 valence electrons. The number of Topliss-reactive ketones (excluding diaryl/α,β-unsaturated/α-hetero) is 1. The highest BCUT2D eigenvalue weighted by atomic mass is 16.1. The van der Waals surface area contributed by atoms with Crippen LogP contribution in [0.1, 0.15) is 85.5 Å². The monoisotopic (exact) mass is 312 g/mol. The van der Waals surface area contributed by atoms with Gasteiger partial charge in [0.1, 0.15) is 5.78 Å².